The van der Waals surface area contributed by atoms with Crippen molar-refractivity contribution < 1.29 is 22.3 Å². The molecule has 1 N–H and O–H groups in total. The van der Waals surface area contributed by atoms with E-state index >= 15 is 0 Å². The number of carbonyl (C=O) groups is 1. The standard InChI is InChI=1S/C18H27FN2O4S/c1-25-12-4-10-20-18(22)9-8-15-5-3-11-21(14-15)26(23,24)17-7-2-6-16(19)13-17/h2,6-7,13,15H,3-5,8-12,14H2,1H3,(H,20,22). The minimum atomic E-state index is -3.70. The van der Waals surface area contributed by atoms with Crippen LogP contribution >= 0.6 is 0 Å². The number of benzene rings is 1. The third-order valence-electron chi connectivity index (χ3n) is 4.54. The summed E-state index contributed by atoms with van der Waals surface area (Å²) in [6, 6.07) is 5.09. The second-order valence-corrected chi connectivity index (χ2v) is 8.50. The molecule has 6 nitrogen and oxygen atoms in total. The third-order valence-corrected chi connectivity index (χ3v) is 6.40. The van der Waals surface area contributed by atoms with Crippen LogP contribution < -0.4 is 5.32 Å². The van der Waals surface area contributed by atoms with Crippen LogP contribution in [0.5, 0.6) is 0 Å². The monoisotopic (exact) mass is 386 g/mol. The van der Waals surface area contributed by atoms with E-state index in [-0.39, 0.29) is 16.7 Å². The van der Waals surface area contributed by atoms with Crippen LogP contribution in [0.4, 0.5) is 4.39 Å². The highest BCUT2D eigenvalue weighted by Gasteiger charge is 2.30. The number of carbonyl (C=O) groups excluding carboxylic acids is 1. The summed E-state index contributed by atoms with van der Waals surface area (Å²) < 4.78 is 45.1. The van der Waals surface area contributed by atoms with Gasteiger partial charge in [-0.3, -0.25) is 4.79 Å². The molecule has 2 rings (SSSR count). The summed E-state index contributed by atoms with van der Waals surface area (Å²) in [6.45, 7) is 1.99. The molecule has 1 atom stereocenters. The van der Waals surface area contributed by atoms with Crippen LogP contribution in [-0.2, 0) is 19.6 Å². The first-order valence-electron chi connectivity index (χ1n) is 8.95. The number of hydrogen-bond donors (Lipinski definition) is 1. The summed E-state index contributed by atoms with van der Waals surface area (Å²) in [5, 5.41) is 2.84. The van der Waals surface area contributed by atoms with Crippen molar-refractivity contribution in [3.63, 3.8) is 0 Å². The second kappa shape index (κ2) is 9.99. The SMILES string of the molecule is COCCCNC(=O)CCC1CCCN(S(=O)(=O)c2cccc(F)c2)C1. The Morgan fingerprint density at radius 1 is 1.42 bits per heavy atom. The first-order valence-corrected chi connectivity index (χ1v) is 10.4. The van der Waals surface area contributed by atoms with Gasteiger partial charge in [0.25, 0.3) is 0 Å². The lowest BCUT2D eigenvalue weighted by molar-refractivity contribution is -0.121. The first-order chi connectivity index (χ1) is 12.4. The normalized spacial score (nSPS) is 18.6. The van der Waals surface area contributed by atoms with Gasteiger partial charge in [0.15, 0.2) is 0 Å². The Labute approximate surface area is 154 Å². The van der Waals surface area contributed by atoms with E-state index in [0.29, 0.717) is 39.1 Å². The zero-order chi connectivity index (χ0) is 19.0. The van der Waals surface area contributed by atoms with Crippen LogP contribution in [0.3, 0.4) is 0 Å². The fourth-order valence-electron chi connectivity index (χ4n) is 3.13. The molecule has 26 heavy (non-hydrogen) atoms. The zero-order valence-electron chi connectivity index (χ0n) is 15.1. The van der Waals surface area contributed by atoms with Gasteiger partial charge in [-0.05, 0) is 49.8 Å². The van der Waals surface area contributed by atoms with E-state index in [9.17, 15) is 17.6 Å². The number of amides is 1. The molecule has 0 saturated carbocycles. The lowest BCUT2D eigenvalue weighted by Gasteiger charge is -2.32. The average molecular weight is 386 g/mol. The number of piperidine rings is 1. The quantitative estimate of drug-likeness (QED) is 0.660. The minimum Gasteiger partial charge on any atom is -0.385 e. The van der Waals surface area contributed by atoms with Gasteiger partial charge in [-0.15, -0.1) is 0 Å². The maximum Gasteiger partial charge on any atom is 0.243 e. The Kier molecular flexibility index (Phi) is 7.99. The number of methoxy groups -OCH3 is 1. The number of nitrogens with zero attached hydrogens (tertiary/aromatic N) is 1. The van der Waals surface area contributed by atoms with Gasteiger partial charge in [-0.2, -0.15) is 4.31 Å². The van der Waals surface area contributed by atoms with Crippen molar-refractivity contribution in [2.24, 2.45) is 5.92 Å². The Hall–Kier alpha value is -1.51. The van der Waals surface area contributed by atoms with E-state index in [1.54, 1.807) is 7.11 Å². The van der Waals surface area contributed by atoms with E-state index in [2.05, 4.69) is 5.32 Å². The van der Waals surface area contributed by atoms with Crippen molar-refractivity contribution >= 4 is 15.9 Å². The molecule has 0 radical (unpaired) electrons. The summed E-state index contributed by atoms with van der Waals surface area (Å²) in [7, 11) is -2.08. The molecule has 0 spiro atoms. The molecule has 1 heterocycles. The largest absolute Gasteiger partial charge is 0.385 e. The lowest BCUT2D eigenvalue weighted by Crippen LogP contribution is -2.40. The Bertz CT molecular complexity index is 696. The summed E-state index contributed by atoms with van der Waals surface area (Å²) in [5.74, 6) is -0.451. The van der Waals surface area contributed by atoms with Crippen molar-refractivity contribution in [2.75, 3.05) is 33.4 Å². The van der Waals surface area contributed by atoms with Gasteiger partial charge in [0.05, 0.1) is 4.90 Å². The van der Waals surface area contributed by atoms with Crippen LogP contribution in [0.25, 0.3) is 0 Å². The average Bonchev–Trinajstić information content (AvgIpc) is 2.64. The number of sulfonamides is 1. The van der Waals surface area contributed by atoms with E-state index < -0.39 is 15.8 Å². The van der Waals surface area contributed by atoms with Gasteiger partial charge in [0.2, 0.25) is 15.9 Å². The Morgan fingerprint density at radius 3 is 2.96 bits per heavy atom. The highest BCUT2D eigenvalue weighted by Crippen LogP contribution is 2.26. The van der Waals surface area contributed by atoms with Crippen LogP contribution in [0.15, 0.2) is 29.2 Å². The van der Waals surface area contributed by atoms with Crippen LogP contribution in [0.2, 0.25) is 0 Å². The Morgan fingerprint density at radius 2 is 2.23 bits per heavy atom. The van der Waals surface area contributed by atoms with E-state index in [0.717, 1.165) is 25.3 Å². The van der Waals surface area contributed by atoms with Gasteiger partial charge in [-0.1, -0.05) is 6.07 Å². The lowest BCUT2D eigenvalue weighted by atomic mass is 9.94. The minimum absolute atomic E-state index is 0.0194. The molecule has 0 aliphatic carbocycles. The summed E-state index contributed by atoms with van der Waals surface area (Å²) in [6.07, 6.45) is 3.43. The van der Waals surface area contributed by atoms with Crippen LogP contribution in [0, 0.1) is 11.7 Å². The number of nitrogens with one attached hydrogen (secondary N) is 1. The molecule has 1 unspecified atom stereocenters. The van der Waals surface area contributed by atoms with Gasteiger partial charge < -0.3 is 10.1 Å². The zero-order valence-corrected chi connectivity index (χ0v) is 15.9. The van der Waals surface area contributed by atoms with Crippen molar-refractivity contribution in [3.8, 4) is 0 Å². The second-order valence-electron chi connectivity index (χ2n) is 6.56. The van der Waals surface area contributed by atoms with Crippen molar-refractivity contribution in [1.82, 2.24) is 9.62 Å². The predicted octanol–water partition coefficient (Wildman–Crippen LogP) is 2.16. The van der Waals surface area contributed by atoms with Gasteiger partial charge in [-0.25, -0.2) is 12.8 Å². The summed E-state index contributed by atoms with van der Waals surface area (Å²) in [5.41, 5.74) is 0. The molecule has 0 bridgehead atoms. The predicted molar refractivity (Wildman–Crippen MR) is 96.6 cm³/mol. The highest BCUT2D eigenvalue weighted by atomic mass is 32.2. The molecule has 1 amide bonds. The molecule has 1 aliphatic heterocycles. The number of halogens is 1. The number of rotatable bonds is 9. The van der Waals surface area contributed by atoms with Crippen LogP contribution in [0.1, 0.15) is 32.1 Å². The van der Waals surface area contributed by atoms with Crippen molar-refractivity contribution in [2.45, 2.75) is 37.0 Å². The topological polar surface area (TPSA) is 75.7 Å². The van der Waals surface area contributed by atoms with Gasteiger partial charge in [0, 0.05) is 39.8 Å². The van der Waals surface area contributed by atoms with Gasteiger partial charge in [0.1, 0.15) is 5.82 Å². The fourth-order valence-corrected chi connectivity index (χ4v) is 4.71. The molecule has 0 aromatic heterocycles. The number of hydrogen-bond acceptors (Lipinski definition) is 4. The van der Waals surface area contributed by atoms with Gasteiger partial charge >= 0.3 is 0 Å². The molecule has 1 saturated heterocycles. The van der Waals surface area contributed by atoms with E-state index in [4.69, 9.17) is 4.74 Å². The maximum atomic E-state index is 13.4. The molecule has 1 fully saturated rings. The Balaban J connectivity index is 1.86. The summed E-state index contributed by atoms with van der Waals surface area (Å²) >= 11 is 0. The highest BCUT2D eigenvalue weighted by molar-refractivity contribution is 7.89. The molecule has 8 heteroatoms. The van der Waals surface area contributed by atoms with E-state index in [1.165, 1.54) is 22.5 Å². The molecule has 146 valence electrons. The molecule has 1 aromatic rings. The summed E-state index contributed by atoms with van der Waals surface area (Å²) in [4.78, 5) is 11.8. The molecule has 1 aliphatic rings. The van der Waals surface area contributed by atoms with Crippen LogP contribution in [-0.4, -0.2) is 52.0 Å². The van der Waals surface area contributed by atoms with E-state index in [1.807, 2.05) is 0 Å². The molecular formula is C18H27FN2O4S. The molecule has 1 aromatic carbocycles. The fraction of sp³-hybridized carbons (Fsp3) is 0.611. The smallest absolute Gasteiger partial charge is 0.243 e. The third kappa shape index (κ3) is 6.03. The van der Waals surface area contributed by atoms with Crippen molar-refractivity contribution in [3.05, 3.63) is 30.1 Å². The molecular weight excluding hydrogens is 359 g/mol. The number of ether oxygens (including phenoxy) is 1. The van der Waals surface area contributed by atoms with Crippen molar-refractivity contribution in [1.29, 1.82) is 0 Å². The first kappa shape index (κ1) is 20.8. The maximum absolute atomic E-state index is 13.4.